The van der Waals surface area contributed by atoms with Gasteiger partial charge in [-0.2, -0.15) is 0 Å². The van der Waals surface area contributed by atoms with Gasteiger partial charge in [0.15, 0.2) is 5.78 Å². The van der Waals surface area contributed by atoms with Crippen molar-refractivity contribution in [2.24, 2.45) is 0 Å². The molecule has 0 aliphatic rings. The molecular formula is C17H15FN2O. The van der Waals surface area contributed by atoms with Crippen molar-refractivity contribution in [1.82, 2.24) is 4.98 Å². The molecule has 0 spiro atoms. The Hall–Kier alpha value is -2.62. The Kier molecular flexibility index (Phi) is 3.22. The fraction of sp³-hybridized carbons (Fsp3) is 0.118. The molecule has 0 aliphatic heterocycles. The van der Waals surface area contributed by atoms with Crippen molar-refractivity contribution < 1.29 is 9.18 Å². The molecule has 0 fully saturated rings. The zero-order valence-corrected chi connectivity index (χ0v) is 11.6. The van der Waals surface area contributed by atoms with Crippen molar-refractivity contribution in [2.45, 2.75) is 13.3 Å². The molecule has 4 heteroatoms. The summed E-state index contributed by atoms with van der Waals surface area (Å²) >= 11 is 0. The molecule has 21 heavy (non-hydrogen) atoms. The average molecular weight is 282 g/mol. The molecule has 3 aromatic rings. The zero-order valence-electron chi connectivity index (χ0n) is 11.6. The number of hydrogen-bond acceptors (Lipinski definition) is 2. The van der Waals surface area contributed by atoms with Crippen LogP contribution in [0.4, 0.5) is 10.1 Å². The number of benzene rings is 2. The van der Waals surface area contributed by atoms with E-state index in [-0.39, 0.29) is 11.3 Å². The lowest BCUT2D eigenvalue weighted by atomic mass is 10.0. The summed E-state index contributed by atoms with van der Waals surface area (Å²) in [6, 6.07) is 9.91. The van der Waals surface area contributed by atoms with Gasteiger partial charge < -0.3 is 10.7 Å². The second-order valence-corrected chi connectivity index (χ2v) is 4.96. The highest BCUT2D eigenvalue weighted by Crippen LogP contribution is 2.25. The van der Waals surface area contributed by atoms with Crippen LogP contribution in [-0.2, 0) is 6.42 Å². The first-order valence-electron chi connectivity index (χ1n) is 6.80. The number of nitrogen functional groups attached to an aromatic ring is 1. The second-order valence-electron chi connectivity index (χ2n) is 4.96. The SMILES string of the molecule is CCc1cccc2c(C(=O)c3ccc(N)cc3F)c[nH]c12. The summed E-state index contributed by atoms with van der Waals surface area (Å²) in [5.74, 6) is -0.937. The van der Waals surface area contributed by atoms with Crippen molar-refractivity contribution in [3.8, 4) is 0 Å². The molecule has 0 amide bonds. The van der Waals surface area contributed by atoms with E-state index >= 15 is 0 Å². The lowest BCUT2D eigenvalue weighted by molar-refractivity contribution is 0.103. The summed E-state index contributed by atoms with van der Waals surface area (Å²) < 4.78 is 13.9. The number of aryl methyl sites for hydroxylation is 1. The highest BCUT2D eigenvalue weighted by Gasteiger charge is 2.18. The number of nitrogens with two attached hydrogens (primary N) is 1. The van der Waals surface area contributed by atoms with E-state index in [1.807, 2.05) is 18.2 Å². The number of ketones is 1. The van der Waals surface area contributed by atoms with Crippen LogP contribution in [0.1, 0.15) is 28.4 Å². The van der Waals surface area contributed by atoms with E-state index in [1.165, 1.54) is 18.2 Å². The average Bonchev–Trinajstić information content (AvgIpc) is 2.90. The molecule has 0 unspecified atom stereocenters. The van der Waals surface area contributed by atoms with Crippen molar-refractivity contribution in [3.05, 3.63) is 65.1 Å². The van der Waals surface area contributed by atoms with Gasteiger partial charge in [-0.3, -0.25) is 4.79 Å². The quantitative estimate of drug-likeness (QED) is 0.568. The number of fused-ring (bicyclic) bond motifs is 1. The Morgan fingerprint density at radius 3 is 2.76 bits per heavy atom. The summed E-state index contributed by atoms with van der Waals surface area (Å²) in [6.07, 6.45) is 2.50. The molecule has 2 aromatic carbocycles. The van der Waals surface area contributed by atoms with Gasteiger partial charge in [0.2, 0.25) is 0 Å². The Morgan fingerprint density at radius 2 is 2.05 bits per heavy atom. The van der Waals surface area contributed by atoms with E-state index in [1.54, 1.807) is 6.20 Å². The number of hydrogen-bond donors (Lipinski definition) is 2. The molecule has 3 nitrogen and oxygen atoms in total. The highest BCUT2D eigenvalue weighted by molar-refractivity contribution is 6.16. The number of anilines is 1. The van der Waals surface area contributed by atoms with Crippen LogP contribution in [0.5, 0.6) is 0 Å². The predicted molar refractivity (Wildman–Crippen MR) is 81.9 cm³/mol. The van der Waals surface area contributed by atoms with Crippen LogP contribution in [0.3, 0.4) is 0 Å². The number of carbonyl (C=O) groups excluding carboxylic acids is 1. The maximum Gasteiger partial charge on any atom is 0.198 e. The van der Waals surface area contributed by atoms with E-state index in [4.69, 9.17) is 5.73 Å². The molecule has 3 N–H and O–H groups in total. The topological polar surface area (TPSA) is 58.9 Å². The van der Waals surface area contributed by atoms with Crippen molar-refractivity contribution in [3.63, 3.8) is 0 Å². The largest absolute Gasteiger partial charge is 0.399 e. The number of para-hydroxylation sites is 1. The number of carbonyl (C=O) groups is 1. The molecule has 0 saturated carbocycles. The van der Waals surface area contributed by atoms with Gasteiger partial charge in [0.25, 0.3) is 0 Å². The van der Waals surface area contributed by atoms with E-state index < -0.39 is 5.82 Å². The van der Waals surface area contributed by atoms with Crippen LogP contribution in [-0.4, -0.2) is 10.8 Å². The van der Waals surface area contributed by atoms with Gasteiger partial charge >= 0.3 is 0 Å². The molecule has 106 valence electrons. The van der Waals surface area contributed by atoms with Crippen LogP contribution in [0.15, 0.2) is 42.6 Å². The van der Waals surface area contributed by atoms with Crippen LogP contribution in [0.25, 0.3) is 10.9 Å². The smallest absolute Gasteiger partial charge is 0.198 e. The molecule has 0 radical (unpaired) electrons. The van der Waals surface area contributed by atoms with Gasteiger partial charge in [-0.1, -0.05) is 25.1 Å². The van der Waals surface area contributed by atoms with Crippen LogP contribution in [0.2, 0.25) is 0 Å². The van der Waals surface area contributed by atoms with Gasteiger partial charge in [-0.05, 0) is 30.2 Å². The lowest BCUT2D eigenvalue weighted by Crippen LogP contribution is -2.04. The monoisotopic (exact) mass is 282 g/mol. The van der Waals surface area contributed by atoms with E-state index in [0.717, 1.165) is 22.9 Å². The third-order valence-corrected chi connectivity index (χ3v) is 3.67. The van der Waals surface area contributed by atoms with Crippen molar-refractivity contribution in [1.29, 1.82) is 0 Å². The number of rotatable bonds is 3. The van der Waals surface area contributed by atoms with Gasteiger partial charge in [0.1, 0.15) is 5.82 Å². The Balaban J connectivity index is 2.14. The maximum atomic E-state index is 13.9. The molecule has 0 bridgehead atoms. The first-order valence-corrected chi connectivity index (χ1v) is 6.80. The minimum atomic E-state index is -0.596. The summed E-state index contributed by atoms with van der Waals surface area (Å²) in [4.78, 5) is 15.7. The maximum absolute atomic E-state index is 13.9. The molecule has 0 aliphatic carbocycles. The van der Waals surface area contributed by atoms with E-state index in [2.05, 4.69) is 11.9 Å². The van der Waals surface area contributed by atoms with Crippen molar-refractivity contribution in [2.75, 3.05) is 5.73 Å². The number of aromatic nitrogens is 1. The van der Waals surface area contributed by atoms with Crippen molar-refractivity contribution >= 4 is 22.4 Å². The fourth-order valence-corrected chi connectivity index (χ4v) is 2.56. The van der Waals surface area contributed by atoms with Crippen LogP contribution < -0.4 is 5.73 Å². The minimum absolute atomic E-state index is 0.0343. The predicted octanol–water partition coefficient (Wildman–Crippen LogP) is 3.68. The molecule has 0 atom stereocenters. The summed E-state index contributed by atoms with van der Waals surface area (Å²) in [5.41, 5.74) is 8.39. The number of aromatic amines is 1. The summed E-state index contributed by atoms with van der Waals surface area (Å²) in [6.45, 7) is 2.05. The van der Waals surface area contributed by atoms with E-state index in [9.17, 15) is 9.18 Å². The lowest BCUT2D eigenvalue weighted by Gasteiger charge is -2.03. The Bertz CT molecular complexity index is 836. The van der Waals surface area contributed by atoms with Gasteiger partial charge in [-0.25, -0.2) is 4.39 Å². The zero-order chi connectivity index (χ0) is 15.0. The standard InChI is InChI=1S/C17H15FN2O/c1-2-10-4-3-5-12-14(9-20-16(10)12)17(21)13-7-6-11(19)8-15(13)18/h3-9,20H,2,19H2,1H3. The molecule has 1 aromatic heterocycles. The Labute approximate surface area is 121 Å². The number of H-pyrrole nitrogens is 1. The van der Waals surface area contributed by atoms with Gasteiger partial charge in [0, 0.05) is 28.4 Å². The first kappa shape index (κ1) is 13.4. The van der Waals surface area contributed by atoms with Crippen LogP contribution >= 0.6 is 0 Å². The normalized spacial score (nSPS) is 11.0. The number of nitrogens with one attached hydrogen (secondary N) is 1. The minimum Gasteiger partial charge on any atom is -0.399 e. The third-order valence-electron chi connectivity index (χ3n) is 3.67. The molecular weight excluding hydrogens is 267 g/mol. The molecule has 1 heterocycles. The Morgan fingerprint density at radius 1 is 1.24 bits per heavy atom. The number of halogens is 1. The highest BCUT2D eigenvalue weighted by atomic mass is 19.1. The fourth-order valence-electron chi connectivity index (χ4n) is 2.56. The van der Waals surface area contributed by atoms with Gasteiger partial charge in [-0.15, -0.1) is 0 Å². The van der Waals surface area contributed by atoms with Crippen LogP contribution in [0, 0.1) is 5.82 Å². The second kappa shape index (κ2) is 5.05. The third kappa shape index (κ3) is 2.18. The molecule has 3 rings (SSSR count). The first-order chi connectivity index (χ1) is 10.1. The molecule has 0 saturated heterocycles. The van der Waals surface area contributed by atoms with Gasteiger partial charge in [0.05, 0.1) is 5.56 Å². The summed E-state index contributed by atoms with van der Waals surface area (Å²) in [7, 11) is 0. The summed E-state index contributed by atoms with van der Waals surface area (Å²) in [5, 5.41) is 0.815. The van der Waals surface area contributed by atoms with E-state index in [0.29, 0.717) is 11.3 Å².